The Hall–Kier alpha value is -4.77. The van der Waals surface area contributed by atoms with Crippen molar-refractivity contribution in [1.82, 2.24) is 29.7 Å². The number of methoxy groups -OCH3 is 1. The number of aryl methyl sites for hydroxylation is 1. The van der Waals surface area contributed by atoms with Gasteiger partial charge in [-0.3, -0.25) is 14.8 Å². The molecule has 5 heterocycles. The van der Waals surface area contributed by atoms with Gasteiger partial charge in [0.2, 0.25) is 5.88 Å². The van der Waals surface area contributed by atoms with Gasteiger partial charge in [-0.05, 0) is 39.0 Å². The van der Waals surface area contributed by atoms with Gasteiger partial charge in [0, 0.05) is 62.1 Å². The molecule has 1 aliphatic heterocycles. The van der Waals surface area contributed by atoms with Crippen LogP contribution in [0, 0.1) is 6.92 Å². The van der Waals surface area contributed by atoms with Gasteiger partial charge in [0.15, 0.2) is 11.4 Å². The fourth-order valence-electron chi connectivity index (χ4n) is 5.21. The van der Waals surface area contributed by atoms with Crippen LogP contribution >= 0.6 is 0 Å². The van der Waals surface area contributed by atoms with E-state index in [9.17, 15) is 4.79 Å². The van der Waals surface area contributed by atoms with Crippen molar-refractivity contribution in [3.63, 3.8) is 0 Å². The molecule has 1 aliphatic rings. The van der Waals surface area contributed by atoms with Crippen LogP contribution in [0.15, 0.2) is 61.3 Å². The maximum atomic E-state index is 13.6. The highest BCUT2D eigenvalue weighted by Gasteiger charge is 2.25. The summed E-state index contributed by atoms with van der Waals surface area (Å²) >= 11 is 0. The molecule has 1 saturated heterocycles. The summed E-state index contributed by atoms with van der Waals surface area (Å²) in [6.07, 6.45) is 8.52. The second kappa shape index (κ2) is 10.4. The number of ether oxygens (including phenoxy) is 2. The molecule has 40 heavy (non-hydrogen) atoms. The molecule has 5 aromatic rings. The second-order valence-electron chi connectivity index (χ2n) is 10.1. The number of nitrogens with one attached hydrogen (secondary N) is 2. The molecule has 0 bridgehead atoms. The number of benzene rings is 1. The van der Waals surface area contributed by atoms with Gasteiger partial charge < -0.3 is 29.4 Å². The minimum Gasteiger partial charge on any atom is -0.481 e. The number of carbonyl (C=O) groups excluding carboxylic acids is 1. The van der Waals surface area contributed by atoms with Gasteiger partial charge in [-0.2, -0.15) is 0 Å². The standard InChI is InChI=1S/C29H30N8O3/c1-17-13-36(14-18(2)33-17)23-7-6-22(26-27(23)31-10-9-30-26)29(38)35-20-11-24(28-34-19(3)15-37(28)16-20)40-21-5-8-25(39-4)32-12-21/h5-12,15-18,33H,13-14H2,1-4H3,(H,35,38)/t17-,18+. The molecule has 0 unspecified atom stereocenters. The summed E-state index contributed by atoms with van der Waals surface area (Å²) in [7, 11) is 1.56. The number of amides is 1. The number of imidazole rings is 1. The van der Waals surface area contributed by atoms with Gasteiger partial charge in [-0.25, -0.2) is 9.97 Å². The topological polar surface area (TPSA) is 119 Å². The van der Waals surface area contributed by atoms with Crippen LogP contribution in [0.1, 0.15) is 29.9 Å². The van der Waals surface area contributed by atoms with E-state index in [0.29, 0.717) is 57.4 Å². The number of nitrogens with zero attached hydrogens (tertiary/aromatic N) is 6. The SMILES string of the molecule is COc1ccc(Oc2cc(NC(=O)c3ccc(N4C[C@@H](C)N[C@@H](C)C4)c4nccnc34)cn3cc(C)nc23)cn1. The van der Waals surface area contributed by atoms with Crippen molar-refractivity contribution < 1.29 is 14.3 Å². The smallest absolute Gasteiger partial charge is 0.257 e. The molecule has 0 saturated carbocycles. The number of fused-ring (bicyclic) bond motifs is 2. The Labute approximate surface area is 231 Å². The predicted molar refractivity (Wildman–Crippen MR) is 153 cm³/mol. The zero-order valence-electron chi connectivity index (χ0n) is 22.8. The van der Waals surface area contributed by atoms with E-state index in [1.54, 1.807) is 50.1 Å². The summed E-state index contributed by atoms with van der Waals surface area (Å²) in [5.74, 6) is 1.17. The Morgan fingerprint density at radius 1 is 1.02 bits per heavy atom. The number of piperazine rings is 1. The lowest BCUT2D eigenvalue weighted by atomic mass is 10.1. The van der Waals surface area contributed by atoms with E-state index in [1.165, 1.54) is 0 Å². The van der Waals surface area contributed by atoms with Crippen molar-refractivity contribution in [2.75, 3.05) is 30.4 Å². The average Bonchev–Trinajstić information content (AvgIpc) is 3.32. The summed E-state index contributed by atoms with van der Waals surface area (Å²) in [6, 6.07) is 9.68. The number of rotatable bonds is 6. The van der Waals surface area contributed by atoms with Crippen LogP contribution in [-0.4, -0.2) is 62.5 Å². The lowest BCUT2D eigenvalue weighted by molar-refractivity contribution is 0.102. The van der Waals surface area contributed by atoms with Gasteiger partial charge in [0.1, 0.15) is 16.8 Å². The Morgan fingerprint density at radius 3 is 2.52 bits per heavy atom. The first-order chi connectivity index (χ1) is 19.4. The number of carbonyl (C=O) groups is 1. The molecule has 2 N–H and O–H groups in total. The van der Waals surface area contributed by atoms with Gasteiger partial charge in [-0.15, -0.1) is 0 Å². The van der Waals surface area contributed by atoms with Gasteiger partial charge in [-0.1, -0.05) is 0 Å². The third-order valence-electron chi connectivity index (χ3n) is 6.79. The molecule has 11 nitrogen and oxygen atoms in total. The van der Waals surface area contributed by atoms with Crippen molar-refractivity contribution in [3.8, 4) is 17.4 Å². The molecule has 1 aromatic carbocycles. The van der Waals surface area contributed by atoms with Crippen molar-refractivity contribution in [2.24, 2.45) is 0 Å². The van der Waals surface area contributed by atoms with Crippen molar-refractivity contribution in [1.29, 1.82) is 0 Å². The average molecular weight is 539 g/mol. The van der Waals surface area contributed by atoms with Crippen molar-refractivity contribution in [3.05, 3.63) is 72.6 Å². The molecule has 1 fully saturated rings. The highest BCUT2D eigenvalue weighted by atomic mass is 16.5. The molecule has 4 aromatic heterocycles. The molecule has 11 heteroatoms. The van der Waals surface area contributed by atoms with E-state index in [4.69, 9.17) is 9.47 Å². The van der Waals surface area contributed by atoms with E-state index in [1.807, 2.05) is 29.7 Å². The fraction of sp³-hybridized carbons (Fsp3) is 0.276. The number of hydrogen-bond acceptors (Lipinski definition) is 9. The summed E-state index contributed by atoms with van der Waals surface area (Å²) in [5, 5.41) is 6.57. The first kappa shape index (κ1) is 25.5. The van der Waals surface area contributed by atoms with Gasteiger partial charge >= 0.3 is 0 Å². The van der Waals surface area contributed by atoms with Crippen LogP contribution in [0.2, 0.25) is 0 Å². The van der Waals surface area contributed by atoms with E-state index >= 15 is 0 Å². The first-order valence-corrected chi connectivity index (χ1v) is 13.1. The van der Waals surface area contributed by atoms with Crippen LogP contribution in [0.4, 0.5) is 11.4 Å². The molecule has 0 spiro atoms. The number of anilines is 2. The van der Waals surface area contributed by atoms with Crippen molar-refractivity contribution >= 4 is 34.0 Å². The molecular weight excluding hydrogens is 508 g/mol. The lowest BCUT2D eigenvalue weighted by Crippen LogP contribution is -2.54. The number of hydrogen-bond donors (Lipinski definition) is 2. The highest BCUT2D eigenvalue weighted by Crippen LogP contribution is 2.31. The molecular formula is C29H30N8O3. The van der Waals surface area contributed by atoms with E-state index in [0.717, 1.165) is 24.5 Å². The largest absolute Gasteiger partial charge is 0.481 e. The molecule has 6 rings (SSSR count). The van der Waals surface area contributed by atoms with Crippen LogP contribution in [-0.2, 0) is 0 Å². The Kier molecular flexibility index (Phi) is 6.64. The highest BCUT2D eigenvalue weighted by molar-refractivity contribution is 6.13. The Bertz CT molecular complexity index is 1690. The summed E-state index contributed by atoms with van der Waals surface area (Å²) in [5.41, 5.74) is 4.63. The zero-order valence-corrected chi connectivity index (χ0v) is 22.8. The molecule has 0 aliphatic carbocycles. The monoisotopic (exact) mass is 538 g/mol. The van der Waals surface area contributed by atoms with Crippen LogP contribution in [0.25, 0.3) is 16.7 Å². The summed E-state index contributed by atoms with van der Waals surface area (Å²) in [6.45, 7) is 7.92. The van der Waals surface area contributed by atoms with Crippen molar-refractivity contribution in [2.45, 2.75) is 32.9 Å². The van der Waals surface area contributed by atoms with Crippen LogP contribution in [0.5, 0.6) is 17.4 Å². The molecule has 204 valence electrons. The first-order valence-electron chi connectivity index (χ1n) is 13.1. The Balaban J connectivity index is 1.32. The summed E-state index contributed by atoms with van der Waals surface area (Å²) < 4.78 is 13.1. The molecule has 2 atom stereocenters. The van der Waals surface area contributed by atoms with Crippen LogP contribution in [0.3, 0.4) is 0 Å². The maximum Gasteiger partial charge on any atom is 0.257 e. The third kappa shape index (κ3) is 4.98. The normalized spacial score (nSPS) is 17.2. The summed E-state index contributed by atoms with van der Waals surface area (Å²) in [4.78, 5) is 33.9. The number of pyridine rings is 2. The van der Waals surface area contributed by atoms with Gasteiger partial charge in [0.25, 0.3) is 5.91 Å². The maximum absolute atomic E-state index is 13.6. The van der Waals surface area contributed by atoms with E-state index in [2.05, 4.69) is 49.3 Å². The lowest BCUT2D eigenvalue weighted by Gasteiger charge is -2.38. The number of aromatic nitrogens is 5. The quantitative estimate of drug-likeness (QED) is 0.327. The minimum absolute atomic E-state index is 0.299. The Morgan fingerprint density at radius 2 is 1.80 bits per heavy atom. The minimum atomic E-state index is -0.299. The van der Waals surface area contributed by atoms with E-state index in [-0.39, 0.29) is 5.91 Å². The second-order valence-corrected chi connectivity index (χ2v) is 10.1. The van der Waals surface area contributed by atoms with Gasteiger partial charge in [0.05, 0.1) is 35.9 Å². The molecule has 1 amide bonds. The van der Waals surface area contributed by atoms with E-state index < -0.39 is 0 Å². The predicted octanol–water partition coefficient (Wildman–Crippen LogP) is 4.22. The molecule has 0 radical (unpaired) electrons. The zero-order chi connectivity index (χ0) is 27.8. The fourth-order valence-corrected chi connectivity index (χ4v) is 5.21. The third-order valence-corrected chi connectivity index (χ3v) is 6.79. The van der Waals surface area contributed by atoms with Crippen LogP contribution < -0.4 is 25.0 Å².